The number of benzene rings is 1. The van der Waals surface area contributed by atoms with E-state index in [9.17, 15) is 0 Å². The van der Waals surface area contributed by atoms with Gasteiger partial charge in [0.25, 0.3) is 0 Å². The van der Waals surface area contributed by atoms with Crippen LogP contribution in [0.2, 0.25) is 0 Å². The van der Waals surface area contributed by atoms with Crippen molar-refractivity contribution in [2.45, 2.75) is 49.0 Å². The van der Waals surface area contributed by atoms with Gasteiger partial charge in [0.15, 0.2) is 17.3 Å². The summed E-state index contributed by atoms with van der Waals surface area (Å²) in [5.74, 6) is 1.02. The average molecular weight is 427 g/mol. The lowest BCUT2D eigenvalue weighted by Gasteiger charge is -2.48. The van der Waals surface area contributed by atoms with E-state index in [4.69, 9.17) is 18.9 Å². The minimum absolute atomic E-state index is 0.0683. The third kappa shape index (κ3) is 3.93. The quantitative estimate of drug-likeness (QED) is 0.512. The van der Waals surface area contributed by atoms with Crippen LogP contribution in [0.15, 0.2) is 47.5 Å². The highest BCUT2D eigenvalue weighted by Crippen LogP contribution is 2.54. The van der Waals surface area contributed by atoms with Crippen molar-refractivity contribution >= 4 is 6.21 Å². The number of aliphatic imine (C=N–C) groups is 1. The molecule has 168 valence electrons. The second-order valence-corrected chi connectivity index (χ2v) is 8.85. The van der Waals surface area contributed by atoms with Crippen LogP contribution in [0, 0.1) is 0 Å². The summed E-state index contributed by atoms with van der Waals surface area (Å²) in [6.07, 6.45) is 9.34. The highest BCUT2D eigenvalue weighted by molar-refractivity contribution is 5.71. The third-order valence-electron chi connectivity index (χ3n) is 7.31. The van der Waals surface area contributed by atoms with Crippen LogP contribution in [-0.2, 0) is 14.9 Å². The third-order valence-corrected chi connectivity index (χ3v) is 7.31. The second-order valence-electron chi connectivity index (χ2n) is 8.85. The lowest BCUT2D eigenvalue weighted by atomic mass is 9.64. The molecule has 1 spiro atoms. The van der Waals surface area contributed by atoms with Gasteiger partial charge in [-0.1, -0.05) is 18.7 Å². The fourth-order valence-electron chi connectivity index (χ4n) is 5.54. The molecule has 2 saturated heterocycles. The van der Waals surface area contributed by atoms with Crippen LogP contribution in [-0.4, -0.2) is 70.5 Å². The van der Waals surface area contributed by atoms with Crippen molar-refractivity contribution in [1.82, 2.24) is 4.90 Å². The minimum atomic E-state index is -0.538. The van der Waals surface area contributed by atoms with Gasteiger partial charge in [0, 0.05) is 37.6 Å². The molecule has 1 unspecified atom stereocenters. The maximum atomic E-state index is 6.51. The summed E-state index contributed by atoms with van der Waals surface area (Å²) in [6.45, 7) is 5.78. The molecule has 0 bridgehead atoms. The Kier molecular flexibility index (Phi) is 6.24. The number of hydrogen-bond donors (Lipinski definition) is 0. The van der Waals surface area contributed by atoms with Crippen LogP contribution >= 0.6 is 0 Å². The van der Waals surface area contributed by atoms with Crippen LogP contribution in [0.25, 0.3) is 0 Å². The number of hydrogen-bond acceptors (Lipinski definition) is 6. The Hall–Kier alpha value is -2.15. The topological polar surface area (TPSA) is 52.5 Å². The zero-order chi connectivity index (χ0) is 22.1. The fourth-order valence-corrected chi connectivity index (χ4v) is 5.54. The first-order valence-corrected chi connectivity index (χ1v) is 11.0. The van der Waals surface area contributed by atoms with E-state index in [1.54, 1.807) is 27.5 Å². The number of ether oxygens (including phenoxy) is 4. The normalized spacial score (nSPS) is 33.4. The first-order chi connectivity index (χ1) is 15.0. The van der Waals surface area contributed by atoms with Gasteiger partial charge >= 0.3 is 0 Å². The molecule has 3 aliphatic rings. The van der Waals surface area contributed by atoms with Crippen molar-refractivity contribution in [2.24, 2.45) is 4.99 Å². The fraction of sp³-hybridized carbons (Fsp3) is 0.560. The Balaban J connectivity index is 1.56. The first kappa shape index (κ1) is 22.1. The SMILES string of the molecule is C=C(/C=C\C=NC)[C@H]1COC2(CC[C@@]3(c4ccc(OC)c(OC)c4)CCN(C)[C@H]3C2)O1. The number of allylic oxidation sites excluding steroid dienone is 1. The molecule has 0 radical (unpaired) electrons. The van der Waals surface area contributed by atoms with Crippen LogP contribution in [0.1, 0.15) is 31.2 Å². The molecule has 1 aliphatic carbocycles. The van der Waals surface area contributed by atoms with Crippen molar-refractivity contribution in [2.75, 3.05) is 41.5 Å². The maximum absolute atomic E-state index is 6.51. The van der Waals surface area contributed by atoms with Crippen LogP contribution < -0.4 is 9.47 Å². The summed E-state index contributed by atoms with van der Waals surface area (Å²) in [5.41, 5.74) is 2.31. The molecule has 1 aromatic rings. The van der Waals surface area contributed by atoms with E-state index in [-0.39, 0.29) is 11.5 Å². The van der Waals surface area contributed by atoms with Crippen LogP contribution in [0.4, 0.5) is 0 Å². The van der Waals surface area contributed by atoms with Crippen LogP contribution in [0.3, 0.4) is 0 Å². The lowest BCUT2D eigenvalue weighted by Crippen LogP contribution is -2.53. The van der Waals surface area contributed by atoms with E-state index >= 15 is 0 Å². The Morgan fingerprint density at radius 1 is 1.23 bits per heavy atom. The molecule has 0 amide bonds. The molecule has 1 saturated carbocycles. The summed E-state index contributed by atoms with van der Waals surface area (Å²) < 4.78 is 23.9. The summed E-state index contributed by atoms with van der Waals surface area (Å²) in [7, 11) is 7.34. The maximum Gasteiger partial charge on any atom is 0.170 e. The average Bonchev–Trinajstić information content (AvgIpc) is 3.36. The van der Waals surface area contributed by atoms with E-state index in [0.29, 0.717) is 12.6 Å². The standard InChI is InChI=1S/C25H34N2O4/c1-18(7-6-13-26-2)22-17-30-25(31-22)11-10-24(12-14-27(3)23(24)16-25)19-8-9-20(28-4)21(15-19)29-5/h6-9,13,15,22-23H,1,10-12,14,16-17H2,2-5H3/b7-6-,26-13?/t22-,23+,24+,25?/m1/s1. The molecule has 31 heavy (non-hydrogen) atoms. The highest BCUT2D eigenvalue weighted by Gasteiger charge is 2.57. The van der Waals surface area contributed by atoms with E-state index in [1.165, 1.54) is 5.56 Å². The van der Waals surface area contributed by atoms with E-state index in [0.717, 1.165) is 49.3 Å². The van der Waals surface area contributed by atoms with Crippen molar-refractivity contribution in [1.29, 1.82) is 0 Å². The number of likely N-dealkylation sites (N-methyl/N-ethyl adjacent to an activating group) is 1. The van der Waals surface area contributed by atoms with Gasteiger partial charge in [-0.2, -0.15) is 0 Å². The predicted molar refractivity (Wildman–Crippen MR) is 122 cm³/mol. The summed E-state index contributed by atoms with van der Waals surface area (Å²) in [6, 6.07) is 6.72. The Bertz CT molecular complexity index is 882. The van der Waals surface area contributed by atoms with Gasteiger partial charge in [0.1, 0.15) is 6.10 Å². The molecule has 3 fully saturated rings. The molecule has 2 heterocycles. The van der Waals surface area contributed by atoms with Crippen LogP contribution in [0.5, 0.6) is 11.5 Å². The molecule has 0 aromatic heterocycles. The smallest absolute Gasteiger partial charge is 0.170 e. The molecular weight excluding hydrogens is 392 g/mol. The molecule has 6 nitrogen and oxygen atoms in total. The monoisotopic (exact) mass is 426 g/mol. The van der Waals surface area contributed by atoms with E-state index < -0.39 is 5.79 Å². The Morgan fingerprint density at radius 3 is 2.77 bits per heavy atom. The molecule has 4 rings (SSSR count). The van der Waals surface area contributed by atoms with E-state index in [2.05, 4.69) is 35.7 Å². The minimum Gasteiger partial charge on any atom is -0.493 e. The summed E-state index contributed by atoms with van der Waals surface area (Å²) in [4.78, 5) is 6.44. The van der Waals surface area contributed by atoms with Gasteiger partial charge in [-0.25, -0.2) is 0 Å². The van der Waals surface area contributed by atoms with Gasteiger partial charge in [-0.3, -0.25) is 4.99 Å². The first-order valence-electron chi connectivity index (χ1n) is 11.0. The summed E-state index contributed by atoms with van der Waals surface area (Å²) >= 11 is 0. The highest BCUT2D eigenvalue weighted by atomic mass is 16.7. The van der Waals surface area contributed by atoms with E-state index in [1.807, 2.05) is 18.2 Å². The molecule has 6 heteroatoms. The lowest BCUT2D eigenvalue weighted by molar-refractivity contribution is -0.200. The van der Waals surface area contributed by atoms with Gasteiger partial charge in [0.05, 0.1) is 20.8 Å². The van der Waals surface area contributed by atoms with Gasteiger partial charge < -0.3 is 23.8 Å². The largest absolute Gasteiger partial charge is 0.493 e. The number of methoxy groups -OCH3 is 2. The Morgan fingerprint density at radius 2 is 2.03 bits per heavy atom. The van der Waals surface area contributed by atoms with Crippen molar-refractivity contribution in [3.8, 4) is 11.5 Å². The van der Waals surface area contributed by atoms with Gasteiger partial charge in [-0.05, 0) is 55.8 Å². The summed E-state index contributed by atoms with van der Waals surface area (Å²) in [5, 5.41) is 0. The van der Waals surface area contributed by atoms with Crippen molar-refractivity contribution in [3.63, 3.8) is 0 Å². The Labute approximate surface area is 185 Å². The zero-order valence-corrected chi connectivity index (χ0v) is 19.1. The van der Waals surface area contributed by atoms with Crippen molar-refractivity contribution in [3.05, 3.63) is 48.1 Å². The second kappa shape index (κ2) is 8.77. The number of nitrogens with zero attached hydrogens (tertiary/aromatic N) is 2. The molecule has 4 atom stereocenters. The number of fused-ring (bicyclic) bond motifs is 1. The van der Waals surface area contributed by atoms with Gasteiger partial charge in [-0.15, -0.1) is 0 Å². The molecule has 1 aromatic carbocycles. The molecular formula is C25H34N2O4. The molecule has 0 N–H and O–H groups in total. The number of rotatable bonds is 6. The molecule has 2 aliphatic heterocycles. The zero-order valence-electron chi connectivity index (χ0n) is 19.1. The predicted octanol–water partition coefficient (Wildman–Crippen LogP) is 3.75. The number of likely N-dealkylation sites (tertiary alicyclic amines) is 1. The van der Waals surface area contributed by atoms with Crippen molar-refractivity contribution < 1.29 is 18.9 Å². The van der Waals surface area contributed by atoms with Gasteiger partial charge in [0.2, 0.25) is 0 Å².